The second-order valence-electron chi connectivity index (χ2n) is 3.76. The lowest BCUT2D eigenvalue weighted by molar-refractivity contribution is -0.385. The maximum Gasteiger partial charge on any atom is 0.283 e. The number of likely N-dealkylation sites (N-methyl/N-ethyl adjacent to an activating group) is 1. The number of aliphatic hydroxyl groups excluding tert-OH is 1. The molecule has 0 aliphatic heterocycles. The maximum absolute atomic E-state index is 11.9. The Morgan fingerprint density at radius 1 is 1.71 bits per heavy atom. The minimum atomic E-state index is -0.502. The summed E-state index contributed by atoms with van der Waals surface area (Å²) >= 11 is 1.09. The van der Waals surface area contributed by atoms with Gasteiger partial charge in [-0.15, -0.1) is 11.3 Å². The topological polar surface area (TPSA) is 83.7 Å². The molecule has 1 amide bonds. The second-order valence-corrected chi connectivity index (χ2v) is 5.01. The first-order chi connectivity index (χ1) is 7.88. The van der Waals surface area contributed by atoms with Gasteiger partial charge in [0.1, 0.15) is 0 Å². The number of nitro groups is 1. The van der Waals surface area contributed by atoms with Crippen LogP contribution in [0.1, 0.15) is 21.5 Å². The minimum Gasteiger partial charge on any atom is -0.394 e. The van der Waals surface area contributed by atoms with Crippen LogP contribution in [-0.4, -0.2) is 40.5 Å². The molecular weight excluding hydrogens is 244 g/mol. The van der Waals surface area contributed by atoms with Crippen LogP contribution in [0.25, 0.3) is 0 Å². The van der Waals surface area contributed by atoms with Gasteiger partial charge in [0.25, 0.3) is 11.6 Å². The van der Waals surface area contributed by atoms with Crippen LogP contribution in [0.4, 0.5) is 5.69 Å². The minimum absolute atomic E-state index is 0.0385. The lowest BCUT2D eigenvalue weighted by atomic mass is 10.3. The van der Waals surface area contributed by atoms with Crippen molar-refractivity contribution in [2.75, 3.05) is 13.7 Å². The highest BCUT2D eigenvalue weighted by Crippen LogP contribution is 2.28. The van der Waals surface area contributed by atoms with Gasteiger partial charge in [-0.1, -0.05) is 0 Å². The van der Waals surface area contributed by atoms with Gasteiger partial charge in [0, 0.05) is 13.1 Å². The summed E-state index contributed by atoms with van der Waals surface area (Å²) in [6.07, 6.45) is 0. The van der Waals surface area contributed by atoms with E-state index in [0.29, 0.717) is 9.75 Å². The number of rotatable bonds is 4. The smallest absolute Gasteiger partial charge is 0.283 e. The summed E-state index contributed by atoms with van der Waals surface area (Å²) in [6, 6.07) is 0.965. The lowest BCUT2D eigenvalue weighted by Gasteiger charge is -2.22. The normalized spacial score (nSPS) is 12.2. The van der Waals surface area contributed by atoms with Crippen LogP contribution in [0.5, 0.6) is 0 Å². The zero-order chi connectivity index (χ0) is 13.2. The quantitative estimate of drug-likeness (QED) is 0.654. The van der Waals surface area contributed by atoms with E-state index in [0.717, 1.165) is 11.3 Å². The number of thiophene rings is 1. The van der Waals surface area contributed by atoms with Crippen LogP contribution in [0.3, 0.4) is 0 Å². The Balaban J connectivity index is 2.97. The molecule has 0 saturated carbocycles. The zero-order valence-corrected chi connectivity index (χ0v) is 10.7. The van der Waals surface area contributed by atoms with Gasteiger partial charge in [0.15, 0.2) is 0 Å². The van der Waals surface area contributed by atoms with E-state index in [9.17, 15) is 14.9 Å². The lowest BCUT2D eigenvalue weighted by Crippen LogP contribution is -2.36. The molecular formula is C10H14N2O4S. The van der Waals surface area contributed by atoms with Crippen LogP contribution < -0.4 is 0 Å². The number of carbonyl (C=O) groups excluding carboxylic acids is 1. The SMILES string of the molecule is Cc1sc(C(=O)N(C)C(C)CO)cc1[N+](=O)[O-]. The average molecular weight is 258 g/mol. The summed E-state index contributed by atoms with van der Waals surface area (Å²) < 4.78 is 0. The Labute approximate surface area is 103 Å². The highest BCUT2D eigenvalue weighted by atomic mass is 32.1. The molecule has 0 aliphatic rings. The van der Waals surface area contributed by atoms with Gasteiger partial charge in [0.05, 0.1) is 27.3 Å². The fourth-order valence-electron chi connectivity index (χ4n) is 1.26. The Bertz CT molecular complexity index is 444. The van der Waals surface area contributed by atoms with Crippen molar-refractivity contribution < 1.29 is 14.8 Å². The Morgan fingerprint density at radius 3 is 2.71 bits per heavy atom. The third-order valence-corrected chi connectivity index (χ3v) is 3.57. The molecule has 1 aromatic rings. The fourth-order valence-corrected chi connectivity index (χ4v) is 2.23. The summed E-state index contributed by atoms with van der Waals surface area (Å²) in [5.74, 6) is -0.312. The van der Waals surface area contributed by atoms with Crippen molar-refractivity contribution in [3.05, 3.63) is 25.9 Å². The third kappa shape index (κ3) is 2.80. The van der Waals surface area contributed by atoms with Gasteiger partial charge in [-0.25, -0.2) is 0 Å². The number of hydrogen-bond acceptors (Lipinski definition) is 5. The van der Waals surface area contributed by atoms with Crippen LogP contribution in [0.2, 0.25) is 0 Å². The van der Waals surface area contributed by atoms with Gasteiger partial charge in [-0.05, 0) is 13.8 Å². The van der Waals surface area contributed by atoms with Crippen LogP contribution in [0.15, 0.2) is 6.07 Å². The fraction of sp³-hybridized carbons (Fsp3) is 0.500. The van der Waals surface area contributed by atoms with E-state index >= 15 is 0 Å². The molecule has 0 radical (unpaired) electrons. The molecule has 1 rings (SSSR count). The van der Waals surface area contributed by atoms with Gasteiger partial charge in [-0.3, -0.25) is 14.9 Å². The zero-order valence-electron chi connectivity index (χ0n) is 9.84. The second kappa shape index (κ2) is 5.24. The molecule has 0 fully saturated rings. The summed E-state index contributed by atoms with van der Waals surface area (Å²) in [7, 11) is 1.56. The Kier molecular flexibility index (Phi) is 4.19. The number of aliphatic hydroxyl groups is 1. The molecule has 0 aromatic carbocycles. The molecule has 1 aromatic heterocycles. The van der Waals surface area contributed by atoms with E-state index in [4.69, 9.17) is 5.11 Å². The first-order valence-corrected chi connectivity index (χ1v) is 5.83. The first kappa shape index (κ1) is 13.6. The van der Waals surface area contributed by atoms with E-state index < -0.39 is 4.92 Å². The van der Waals surface area contributed by atoms with Crippen LogP contribution in [0, 0.1) is 17.0 Å². The number of hydrogen-bond donors (Lipinski definition) is 1. The Hall–Kier alpha value is -1.47. The van der Waals surface area contributed by atoms with E-state index in [1.807, 2.05) is 0 Å². The maximum atomic E-state index is 11.9. The molecule has 94 valence electrons. The summed E-state index contributed by atoms with van der Waals surface area (Å²) in [5.41, 5.74) is -0.0385. The third-order valence-electron chi connectivity index (χ3n) is 2.54. The largest absolute Gasteiger partial charge is 0.394 e. The highest BCUT2D eigenvalue weighted by molar-refractivity contribution is 7.14. The van der Waals surface area contributed by atoms with Crippen LogP contribution >= 0.6 is 11.3 Å². The standard InChI is InChI=1S/C10H14N2O4S/c1-6(5-13)11(3)10(14)9-4-8(12(15)16)7(2)17-9/h4,6,13H,5H2,1-3H3. The van der Waals surface area contributed by atoms with Crippen LogP contribution in [-0.2, 0) is 0 Å². The summed E-state index contributed by atoms with van der Waals surface area (Å²) in [5, 5.41) is 19.6. The van der Waals surface area contributed by atoms with Gasteiger partial charge >= 0.3 is 0 Å². The number of amides is 1. The van der Waals surface area contributed by atoms with Crippen molar-refractivity contribution in [2.45, 2.75) is 19.9 Å². The van der Waals surface area contributed by atoms with Crippen molar-refractivity contribution in [2.24, 2.45) is 0 Å². The predicted molar refractivity (Wildman–Crippen MR) is 64.4 cm³/mol. The molecule has 0 spiro atoms. The summed E-state index contributed by atoms with van der Waals surface area (Å²) in [6.45, 7) is 3.16. The van der Waals surface area contributed by atoms with E-state index in [1.54, 1.807) is 20.9 Å². The highest BCUT2D eigenvalue weighted by Gasteiger charge is 2.23. The molecule has 6 nitrogen and oxygen atoms in total. The number of nitrogens with zero attached hydrogens (tertiary/aromatic N) is 2. The monoisotopic (exact) mass is 258 g/mol. The van der Waals surface area contributed by atoms with E-state index in [1.165, 1.54) is 11.0 Å². The van der Waals surface area contributed by atoms with Gasteiger partial charge in [0.2, 0.25) is 0 Å². The van der Waals surface area contributed by atoms with Crippen molar-refractivity contribution in [1.29, 1.82) is 0 Å². The molecule has 1 atom stereocenters. The summed E-state index contributed by atoms with van der Waals surface area (Å²) in [4.78, 5) is 24.3. The molecule has 0 aliphatic carbocycles. The molecule has 1 heterocycles. The van der Waals surface area contributed by atoms with Gasteiger partial charge < -0.3 is 10.0 Å². The Morgan fingerprint density at radius 2 is 2.29 bits per heavy atom. The van der Waals surface area contributed by atoms with Crippen molar-refractivity contribution in [3.8, 4) is 0 Å². The van der Waals surface area contributed by atoms with Crippen molar-refractivity contribution in [1.82, 2.24) is 4.90 Å². The van der Waals surface area contributed by atoms with E-state index in [2.05, 4.69) is 0 Å². The first-order valence-electron chi connectivity index (χ1n) is 5.01. The molecule has 1 unspecified atom stereocenters. The molecule has 0 saturated heterocycles. The molecule has 0 bridgehead atoms. The molecule has 17 heavy (non-hydrogen) atoms. The van der Waals surface area contributed by atoms with Crippen molar-refractivity contribution >= 4 is 22.9 Å². The van der Waals surface area contributed by atoms with E-state index in [-0.39, 0.29) is 24.2 Å². The van der Waals surface area contributed by atoms with Crippen molar-refractivity contribution in [3.63, 3.8) is 0 Å². The number of carbonyl (C=O) groups is 1. The average Bonchev–Trinajstić information content (AvgIpc) is 2.68. The number of aryl methyl sites for hydroxylation is 1. The molecule has 7 heteroatoms. The van der Waals surface area contributed by atoms with Gasteiger partial charge in [-0.2, -0.15) is 0 Å². The predicted octanol–water partition coefficient (Wildman–Crippen LogP) is 1.42. The molecule has 1 N–H and O–H groups in total.